The second kappa shape index (κ2) is 15.5. The van der Waals surface area contributed by atoms with Crippen LogP contribution in [0.4, 0.5) is 0 Å². The third-order valence-electron chi connectivity index (χ3n) is 5.88. The fraction of sp³-hybridized carbons (Fsp3) is 0.552. The van der Waals surface area contributed by atoms with Crippen molar-refractivity contribution in [3.8, 4) is 16.9 Å². The van der Waals surface area contributed by atoms with Crippen molar-refractivity contribution in [1.29, 1.82) is 0 Å². The first-order chi connectivity index (χ1) is 15.6. The lowest BCUT2D eigenvalue weighted by atomic mass is 10.0. The average Bonchev–Trinajstić information content (AvgIpc) is 2.82. The van der Waals surface area contributed by atoms with Crippen molar-refractivity contribution in [3.63, 3.8) is 0 Å². The number of hydrogen-bond donors (Lipinski definition) is 0. The van der Waals surface area contributed by atoms with Gasteiger partial charge in [-0.05, 0) is 48.6 Å². The molecule has 0 aromatic heterocycles. The van der Waals surface area contributed by atoms with E-state index in [1.54, 1.807) is 0 Å². The molecule has 0 heterocycles. The van der Waals surface area contributed by atoms with Crippen LogP contribution in [-0.4, -0.2) is 12.6 Å². The van der Waals surface area contributed by atoms with E-state index in [2.05, 4.69) is 38.1 Å². The van der Waals surface area contributed by atoms with Crippen LogP contribution in [0.2, 0.25) is 0 Å². The van der Waals surface area contributed by atoms with Crippen LogP contribution in [0.3, 0.4) is 0 Å². The monoisotopic (exact) mass is 438 g/mol. The Morgan fingerprint density at radius 2 is 1.25 bits per heavy atom. The SMILES string of the molecule is CCCCCCCCCCOc1ccc(-c2ccc(C(C)OC(=O)CCCC)cc2)cc1. The molecule has 2 rings (SSSR count). The molecule has 0 N–H and O–H groups in total. The Balaban J connectivity index is 1.72. The number of carbonyl (C=O) groups excluding carboxylic acids is 1. The smallest absolute Gasteiger partial charge is 0.306 e. The second-order valence-corrected chi connectivity index (χ2v) is 8.71. The zero-order chi connectivity index (χ0) is 23.0. The van der Waals surface area contributed by atoms with Crippen molar-refractivity contribution >= 4 is 5.97 Å². The Hall–Kier alpha value is -2.29. The van der Waals surface area contributed by atoms with Gasteiger partial charge in [-0.15, -0.1) is 0 Å². The summed E-state index contributed by atoms with van der Waals surface area (Å²) in [6, 6.07) is 16.6. The molecule has 0 amide bonds. The van der Waals surface area contributed by atoms with Crippen LogP contribution in [0, 0.1) is 0 Å². The first-order valence-electron chi connectivity index (χ1n) is 12.7. The molecule has 0 aliphatic heterocycles. The van der Waals surface area contributed by atoms with Gasteiger partial charge in [0.05, 0.1) is 6.61 Å². The number of ether oxygens (including phenoxy) is 2. The van der Waals surface area contributed by atoms with E-state index in [1.807, 2.05) is 31.2 Å². The van der Waals surface area contributed by atoms with Crippen molar-refractivity contribution in [3.05, 3.63) is 54.1 Å². The first-order valence-corrected chi connectivity index (χ1v) is 12.7. The van der Waals surface area contributed by atoms with Gasteiger partial charge in [0.15, 0.2) is 0 Å². The minimum atomic E-state index is -0.222. The second-order valence-electron chi connectivity index (χ2n) is 8.71. The van der Waals surface area contributed by atoms with Crippen molar-refractivity contribution in [2.24, 2.45) is 0 Å². The topological polar surface area (TPSA) is 35.5 Å². The molecule has 0 fully saturated rings. The lowest BCUT2D eigenvalue weighted by molar-refractivity contribution is -0.148. The number of esters is 1. The molecule has 0 radical (unpaired) electrons. The molecule has 2 aromatic carbocycles. The Bertz CT molecular complexity index is 749. The summed E-state index contributed by atoms with van der Waals surface area (Å²) in [7, 11) is 0. The molecular formula is C29H42O3. The van der Waals surface area contributed by atoms with Crippen molar-refractivity contribution in [1.82, 2.24) is 0 Å². The lowest BCUT2D eigenvalue weighted by Gasteiger charge is -2.14. The summed E-state index contributed by atoms with van der Waals surface area (Å²) in [5, 5.41) is 0. The molecule has 0 saturated heterocycles. The molecule has 2 aromatic rings. The van der Waals surface area contributed by atoms with Crippen LogP contribution in [-0.2, 0) is 9.53 Å². The Labute approximate surface area is 195 Å². The van der Waals surface area contributed by atoms with Gasteiger partial charge in [-0.2, -0.15) is 0 Å². The molecule has 0 bridgehead atoms. The number of hydrogen-bond acceptors (Lipinski definition) is 3. The summed E-state index contributed by atoms with van der Waals surface area (Å²) in [5.41, 5.74) is 3.32. The van der Waals surface area contributed by atoms with Crippen molar-refractivity contribution in [2.45, 2.75) is 97.5 Å². The maximum atomic E-state index is 11.8. The van der Waals surface area contributed by atoms with Gasteiger partial charge in [0.1, 0.15) is 11.9 Å². The van der Waals surface area contributed by atoms with E-state index in [9.17, 15) is 4.79 Å². The molecule has 0 spiro atoms. The molecule has 176 valence electrons. The van der Waals surface area contributed by atoms with Gasteiger partial charge in [-0.1, -0.05) is 102 Å². The van der Waals surface area contributed by atoms with Gasteiger partial charge in [-0.25, -0.2) is 0 Å². The molecule has 1 unspecified atom stereocenters. The summed E-state index contributed by atoms with van der Waals surface area (Å²) < 4.78 is 11.4. The predicted octanol–water partition coefficient (Wildman–Crippen LogP) is 8.67. The van der Waals surface area contributed by atoms with Gasteiger partial charge in [0, 0.05) is 6.42 Å². The van der Waals surface area contributed by atoms with Gasteiger partial charge >= 0.3 is 5.97 Å². The van der Waals surface area contributed by atoms with Gasteiger partial charge in [-0.3, -0.25) is 4.79 Å². The Morgan fingerprint density at radius 3 is 1.84 bits per heavy atom. The fourth-order valence-corrected chi connectivity index (χ4v) is 3.76. The van der Waals surface area contributed by atoms with Crippen LogP contribution in [0.15, 0.2) is 48.5 Å². The van der Waals surface area contributed by atoms with E-state index < -0.39 is 0 Å². The van der Waals surface area contributed by atoms with E-state index in [0.717, 1.165) is 48.3 Å². The van der Waals surface area contributed by atoms with Crippen LogP contribution < -0.4 is 4.74 Å². The Kier molecular flexibility index (Phi) is 12.6. The highest BCUT2D eigenvalue weighted by Gasteiger charge is 2.11. The third kappa shape index (κ3) is 9.89. The quantitative estimate of drug-likeness (QED) is 0.194. The van der Waals surface area contributed by atoms with Crippen LogP contribution in [0.1, 0.15) is 103 Å². The number of unbranched alkanes of at least 4 members (excludes halogenated alkanes) is 8. The molecule has 3 heteroatoms. The zero-order valence-electron chi connectivity index (χ0n) is 20.4. The largest absolute Gasteiger partial charge is 0.494 e. The summed E-state index contributed by atoms with van der Waals surface area (Å²) >= 11 is 0. The number of carbonyl (C=O) groups is 1. The highest BCUT2D eigenvalue weighted by Crippen LogP contribution is 2.26. The summed E-state index contributed by atoms with van der Waals surface area (Å²) in [6.07, 6.45) is 12.6. The van der Waals surface area contributed by atoms with Gasteiger partial charge < -0.3 is 9.47 Å². The molecular weight excluding hydrogens is 396 g/mol. The van der Waals surface area contributed by atoms with Crippen LogP contribution in [0.25, 0.3) is 11.1 Å². The maximum Gasteiger partial charge on any atom is 0.306 e. The fourth-order valence-electron chi connectivity index (χ4n) is 3.76. The van der Waals surface area contributed by atoms with Crippen molar-refractivity contribution < 1.29 is 14.3 Å². The Morgan fingerprint density at radius 1 is 0.719 bits per heavy atom. The van der Waals surface area contributed by atoms with Crippen LogP contribution >= 0.6 is 0 Å². The van der Waals surface area contributed by atoms with Crippen molar-refractivity contribution in [2.75, 3.05) is 6.61 Å². The summed E-state index contributed by atoms with van der Waals surface area (Å²) in [6.45, 7) is 7.05. The molecule has 32 heavy (non-hydrogen) atoms. The lowest BCUT2D eigenvalue weighted by Crippen LogP contribution is -2.08. The molecule has 0 aliphatic rings. The summed E-state index contributed by atoms with van der Waals surface area (Å²) in [5.74, 6) is 0.812. The van der Waals surface area contributed by atoms with E-state index >= 15 is 0 Å². The van der Waals surface area contributed by atoms with Gasteiger partial charge in [0.2, 0.25) is 0 Å². The van der Waals surface area contributed by atoms with E-state index in [4.69, 9.17) is 9.47 Å². The average molecular weight is 439 g/mol. The molecule has 0 saturated carbocycles. The highest BCUT2D eigenvalue weighted by atomic mass is 16.5. The molecule has 0 aliphatic carbocycles. The normalized spacial score (nSPS) is 11.8. The summed E-state index contributed by atoms with van der Waals surface area (Å²) in [4.78, 5) is 11.8. The third-order valence-corrected chi connectivity index (χ3v) is 5.88. The molecule has 3 nitrogen and oxygen atoms in total. The number of benzene rings is 2. The number of rotatable bonds is 16. The maximum absolute atomic E-state index is 11.8. The predicted molar refractivity (Wildman–Crippen MR) is 134 cm³/mol. The van der Waals surface area contributed by atoms with E-state index in [-0.39, 0.29) is 12.1 Å². The first kappa shape index (κ1) is 26.0. The van der Waals surface area contributed by atoms with Crippen LogP contribution in [0.5, 0.6) is 5.75 Å². The van der Waals surface area contributed by atoms with Gasteiger partial charge in [0.25, 0.3) is 0 Å². The molecule has 1 atom stereocenters. The van der Waals surface area contributed by atoms with E-state index in [1.165, 1.54) is 44.9 Å². The zero-order valence-corrected chi connectivity index (χ0v) is 20.4. The minimum absolute atomic E-state index is 0.119. The minimum Gasteiger partial charge on any atom is -0.494 e. The highest BCUT2D eigenvalue weighted by molar-refractivity contribution is 5.69. The van der Waals surface area contributed by atoms with E-state index in [0.29, 0.717) is 6.42 Å². The standard InChI is InChI=1S/C29H42O3/c1-4-6-8-9-10-11-12-13-23-31-28-21-19-27(20-22-28)26-17-15-25(16-18-26)24(3)32-29(30)14-7-5-2/h15-22,24H,4-14,23H2,1-3H3.